The van der Waals surface area contributed by atoms with Crippen LogP contribution in [0.1, 0.15) is 27.1 Å². The van der Waals surface area contributed by atoms with Crippen molar-refractivity contribution in [2.24, 2.45) is 0 Å². The first-order valence-electron chi connectivity index (χ1n) is 10.0. The molecule has 1 saturated heterocycles. The second-order valence-electron chi connectivity index (χ2n) is 7.25. The molecule has 160 valence electrons. The number of H-pyrrole nitrogens is 1. The van der Waals surface area contributed by atoms with Gasteiger partial charge in [0.15, 0.2) is 0 Å². The van der Waals surface area contributed by atoms with Gasteiger partial charge in [0, 0.05) is 41.9 Å². The summed E-state index contributed by atoms with van der Waals surface area (Å²) in [5, 5.41) is 3.40. The van der Waals surface area contributed by atoms with Crippen LogP contribution in [0.15, 0.2) is 53.3 Å². The molecule has 31 heavy (non-hydrogen) atoms. The fourth-order valence-electron chi connectivity index (χ4n) is 3.51. The number of amides is 2. The van der Waals surface area contributed by atoms with Crippen LogP contribution in [0.3, 0.4) is 0 Å². The number of ether oxygens (including phenoxy) is 2. The molecule has 0 bridgehead atoms. The third kappa shape index (κ3) is 4.59. The van der Waals surface area contributed by atoms with Crippen molar-refractivity contribution in [3.05, 3.63) is 70.0 Å². The van der Waals surface area contributed by atoms with Gasteiger partial charge in [-0.1, -0.05) is 0 Å². The minimum atomic E-state index is -0.533. The van der Waals surface area contributed by atoms with E-state index < -0.39 is 11.5 Å². The summed E-state index contributed by atoms with van der Waals surface area (Å²) in [5.41, 5.74) is 1.15. The third-order valence-corrected chi connectivity index (χ3v) is 5.20. The molecular formula is C23H23N3O5. The fourth-order valence-corrected chi connectivity index (χ4v) is 3.51. The van der Waals surface area contributed by atoms with Crippen molar-refractivity contribution in [2.75, 3.05) is 38.7 Å². The van der Waals surface area contributed by atoms with Gasteiger partial charge in [-0.3, -0.25) is 14.4 Å². The Morgan fingerprint density at radius 1 is 1.06 bits per heavy atom. The van der Waals surface area contributed by atoms with Crippen LogP contribution in [0.4, 0.5) is 5.69 Å². The molecule has 1 fully saturated rings. The molecule has 2 amide bonds. The molecule has 0 saturated carbocycles. The molecular weight excluding hydrogens is 398 g/mol. The molecule has 0 atom stereocenters. The number of benzene rings is 2. The predicted molar refractivity (Wildman–Crippen MR) is 117 cm³/mol. The van der Waals surface area contributed by atoms with Crippen LogP contribution in [0.2, 0.25) is 0 Å². The van der Waals surface area contributed by atoms with Crippen molar-refractivity contribution in [2.45, 2.75) is 6.42 Å². The summed E-state index contributed by atoms with van der Waals surface area (Å²) in [6, 6.07) is 13.4. The molecule has 1 aromatic heterocycles. The standard InChI is InChI=1S/C23H23N3O5/c1-30-18-7-8-20-16(13-18)14-19(22(28)25-20)21(27)24-17-5-3-15(4-6-17)23(29)26-9-2-11-31-12-10-26/h3-8,13-14H,2,9-12H2,1H3,(H,24,27)(H,25,28). The lowest BCUT2D eigenvalue weighted by molar-refractivity contribution is 0.0741. The van der Waals surface area contributed by atoms with Crippen LogP contribution in [0, 0.1) is 0 Å². The van der Waals surface area contributed by atoms with Gasteiger partial charge in [-0.05, 0) is 55.0 Å². The highest BCUT2D eigenvalue weighted by Crippen LogP contribution is 2.19. The molecule has 1 aliphatic heterocycles. The van der Waals surface area contributed by atoms with Crippen LogP contribution in [-0.2, 0) is 4.74 Å². The molecule has 8 nitrogen and oxygen atoms in total. The smallest absolute Gasteiger partial charge is 0.261 e. The lowest BCUT2D eigenvalue weighted by atomic mass is 10.1. The van der Waals surface area contributed by atoms with Gasteiger partial charge in [0.25, 0.3) is 17.4 Å². The van der Waals surface area contributed by atoms with E-state index in [9.17, 15) is 14.4 Å². The van der Waals surface area contributed by atoms with Crippen molar-refractivity contribution in [3.8, 4) is 5.75 Å². The van der Waals surface area contributed by atoms with E-state index in [4.69, 9.17) is 9.47 Å². The molecule has 2 heterocycles. The van der Waals surface area contributed by atoms with Gasteiger partial charge in [0.05, 0.1) is 13.7 Å². The maximum atomic E-state index is 12.7. The van der Waals surface area contributed by atoms with Crippen LogP contribution in [-0.4, -0.2) is 55.1 Å². The van der Waals surface area contributed by atoms with Crippen molar-refractivity contribution in [1.82, 2.24) is 9.88 Å². The zero-order valence-corrected chi connectivity index (χ0v) is 17.1. The first kappa shape index (κ1) is 20.6. The predicted octanol–water partition coefficient (Wildman–Crippen LogP) is 2.65. The van der Waals surface area contributed by atoms with E-state index in [1.165, 1.54) is 6.07 Å². The molecule has 4 rings (SSSR count). The fraction of sp³-hybridized carbons (Fsp3) is 0.261. The lowest BCUT2D eigenvalue weighted by Crippen LogP contribution is -2.33. The lowest BCUT2D eigenvalue weighted by Gasteiger charge is -2.19. The van der Waals surface area contributed by atoms with Crippen molar-refractivity contribution >= 4 is 28.4 Å². The molecule has 3 aromatic rings. The maximum Gasteiger partial charge on any atom is 0.261 e. The molecule has 0 radical (unpaired) electrons. The van der Waals surface area contributed by atoms with Crippen LogP contribution in [0.25, 0.3) is 10.9 Å². The summed E-state index contributed by atoms with van der Waals surface area (Å²) in [4.78, 5) is 42.2. The first-order valence-corrected chi connectivity index (χ1v) is 10.0. The van der Waals surface area contributed by atoms with Gasteiger partial charge in [0.1, 0.15) is 11.3 Å². The topological polar surface area (TPSA) is 101 Å². The van der Waals surface area contributed by atoms with E-state index in [1.54, 1.807) is 54.5 Å². The van der Waals surface area contributed by atoms with Gasteiger partial charge < -0.3 is 24.7 Å². The van der Waals surface area contributed by atoms with Gasteiger partial charge in [-0.15, -0.1) is 0 Å². The Morgan fingerprint density at radius 2 is 1.87 bits per heavy atom. The summed E-state index contributed by atoms with van der Waals surface area (Å²) >= 11 is 0. The summed E-state index contributed by atoms with van der Waals surface area (Å²) < 4.78 is 10.6. The Hall–Kier alpha value is -3.65. The summed E-state index contributed by atoms with van der Waals surface area (Å²) in [5.74, 6) is 0.0279. The number of hydrogen-bond donors (Lipinski definition) is 2. The average molecular weight is 421 g/mol. The van der Waals surface area contributed by atoms with Gasteiger partial charge in [-0.25, -0.2) is 0 Å². The summed E-state index contributed by atoms with van der Waals surface area (Å²) in [7, 11) is 1.55. The quantitative estimate of drug-likeness (QED) is 0.675. The number of rotatable bonds is 4. The van der Waals surface area contributed by atoms with Gasteiger partial charge in [-0.2, -0.15) is 0 Å². The number of aromatic nitrogens is 1. The zero-order valence-electron chi connectivity index (χ0n) is 17.1. The van der Waals surface area contributed by atoms with Crippen LogP contribution < -0.4 is 15.6 Å². The molecule has 8 heteroatoms. The van der Waals surface area contributed by atoms with Crippen LogP contribution in [0.5, 0.6) is 5.75 Å². The van der Waals surface area contributed by atoms with Crippen LogP contribution >= 0.6 is 0 Å². The maximum absolute atomic E-state index is 12.7. The number of carbonyl (C=O) groups excluding carboxylic acids is 2. The summed E-state index contributed by atoms with van der Waals surface area (Å²) in [6.07, 6.45) is 0.812. The molecule has 0 spiro atoms. The van der Waals surface area contributed by atoms with E-state index in [2.05, 4.69) is 10.3 Å². The number of aromatic amines is 1. The Labute approximate surface area is 178 Å². The van der Waals surface area contributed by atoms with Crippen molar-refractivity contribution in [1.29, 1.82) is 0 Å². The van der Waals surface area contributed by atoms with E-state index in [0.29, 0.717) is 54.2 Å². The Morgan fingerprint density at radius 3 is 2.65 bits per heavy atom. The average Bonchev–Trinajstić information content (AvgIpc) is 3.08. The first-order chi connectivity index (χ1) is 15.0. The largest absolute Gasteiger partial charge is 0.497 e. The van der Waals surface area contributed by atoms with E-state index >= 15 is 0 Å². The number of hydrogen-bond acceptors (Lipinski definition) is 5. The number of anilines is 1. The second kappa shape index (κ2) is 9.01. The van der Waals surface area contributed by atoms with Gasteiger partial charge >= 0.3 is 0 Å². The number of carbonyl (C=O) groups is 2. The Bertz CT molecular complexity index is 1160. The molecule has 0 aliphatic carbocycles. The van der Waals surface area contributed by atoms with E-state index in [1.807, 2.05) is 0 Å². The Kier molecular flexibility index (Phi) is 5.99. The highest BCUT2D eigenvalue weighted by molar-refractivity contribution is 6.06. The summed E-state index contributed by atoms with van der Waals surface area (Å²) in [6.45, 7) is 2.42. The van der Waals surface area contributed by atoms with Crippen molar-refractivity contribution in [3.63, 3.8) is 0 Å². The van der Waals surface area contributed by atoms with Crippen molar-refractivity contribution < 1.29 is 19.1 Å². The number of methoxy groups -OCH3 is 1. The van der Waals surface area contributed by atoms with E-state index in [-0.39, 0.29) is 11.5 Å². The molecule has 2 aromatic carbocycles. The highest BCUT2D eigenvalue weighted by atomic mass is 16.5. The normalized spacial score (nSPS) is 14.2. The number of pyridine rings is 1. The number of fused-ring (bicyclic) bond motifs is 1. The zero-order chi connectivity index (χ0) is 21.8. The van der Waals surface area contributed by atoms with Gasteiger partial charge in [0.2, 0.25) is 0 Å². The SMILES string of the molecule is COc1ccc2[nH]c(=O)c(C(=O)Nc3ccc(C(=O)N4CCCOCC4)cc3)cc2c1. The molecule has 0 unspecified atom stereocenters. The minimum absolute atomic E-state index is 0.00882. The Balaban J connectivity index is 1.50. The number of nitrogens with zero attached hydrogens (tertiary/aromatic N) is 1. The monoisotopic (exact) mass is 421 g/mol. The minimum Gasteiger partial charge on any atom is -0.497 e. The number of nitrogens with one attached hydrogen (secondary N) is 2. The second-order valence-corrected chi connectivity index (χ2v) is 7.25. The highest BCUT2D eigenvalue weighted by Gasteiger charge is 2.18. The molecule has 1 aliphatic rings. The third-order valence-electron chi connectivity index (χ3n) is 5.20. The van der Waals surface area contributed by atoms with E-state index in [0.717, 1.165) is 6.42 Å². The molecule has 2 N–H and O–H groups in total.